The van der Waals surface area contributed by atoms with Crippen LogP contribution in [0.25, 0.3) is 0 Å². The zero-order valence-corrected chi connectivity index (χ0v) is 9.26. The van der Waals surface area contributed by atoms with Gasteiger partial charge in [-0.1, -0.05) is 0 Å². The van der Waals surface area contributed by atoms with Gasteiger partial charge in [-0.15, -0.1) is 0 Å². The average molecular weight is 216 g/mol. The quantitative estimate of drug-likeness (QED) is 0.811. The third-order valence-corrected chi connectivity index (χ3v) is 2.93. The highest BCUT2D eigenvalue weighted by Crippen LogP contribution is 2.11. The average Bonchev–Trinajstić information content (AvgIpc) is 2.33. The number of pyridine rings is 1. The molecular formula is C12H16N4. The first-order valence-corrected chi connectivity index (χ1v) is 5.61. The molecule has 84 valence electrons. The first-order valence-electron chi connectivity index (χ1n) is 5.61. The third-order valence-electron chi connectivity index (χ3n) is 2.93. The highest BCUT2D eigenvalue weighted by molar-refractivity contribution is 5.10. The van der Waals surface area contributed by atoms with Gasteiger partial charge >= 0.3 is 0 Å². The predicted octanol–water partition coefficient (Wildman–Crippen LogP) is 0.769. The zero-order valence-electron chi connectivity index (χ0n) is 9.26. The smallest absolute Gasteiger partial charge is 0.0638 e. The van der Waals surface area contributed by atoms with Crippen LogP contribution in [-0.4, -0.2) is 35.6 Å². The molecule has 4 nitrogen and oxygen atoms in total. The molecule has 0 saturated carbocycles. The topological polar surface area (TPSA) is 52.0 Å². The minimum Gasteiger partial charge on any atom is -0.314 e. The van der Waals surface area contributed by atoms with Crippen LogP contribution in [0.2, 0.25) is 0 Å². The Morgan fingerprint density at radius 2 is 2.31 bits per heavy atom. The van der Waals surface area contributed by atoms with E-state index in [1.165, 1.54) is 5.56 Å². The first-order chi connectivity index (χ1) is 7.90. The molecule has 4 heteroatoms. The van der Waals surface area contributed by atoms with Gasteiger partial charge < -0.3 is 5.32 Å². The number of piperazine rings is 1. The zero-order chi connectivity index (χ0) is 11.2. The Balaban J connectivity index is 1.99. The van der Waals surface area contributed by atoms with Gasteiger partial charge in [0.1, 0.15) is 0 Å². The number of hydrogen-bond acceptors (Lipinski definition) is 4. The molecule has 1 N–H and O–H groups in total. The summed E-state index contributed by atoms with van der Waals surface area (Å²) in [6, 6.07) is 6.67. The summed E-state index contributed by atoms with van der Waals surface area (Å²) in [5, 5.41) is 12.1. The van der Waals surface area contributed by atoms with Crippen molar-refractivity contribution >= 4 is 0 Å². The van der Waals surface area contributed by atoms with Gasteiger partial charge in [0.2, 0.25) is 0 Å². The van der Waals surface area contributed by atoms with Crippen molar-refractivity contribution in [2.75, 3.05) is 19.6 Å². The number of hydrogen-bond donors (Lipinski definition) is 1. The van der Waals surface area contributed by atoms with Crippen LogP contribution in [0.3, 0.4) is 0 Å². The van der Waals surface area contributed by atoms with Crippen molar-refractivity contribution in [2.45, 2.75) is 19.0 Å². The maximum absolute atomic E-state index is 8.79. The molecule has 2 heterocycles. The minimum absolute atomic E-state index is 0.340. The lowest BCUT2D eigenvalue weighted by atomic mass is 10.1. The van der Waals surface area contributed by atoms with E-state index in [0.29, 0.717) is 12.5 Å². The summed E-state index contributed by atoms with van der Waals surface area (Å²) in [7, 11) is 0. The molecule has 0 radical (unpaired) electrons. The molecule has 1 aliphatic rings. The van der Waals surface area contributed by atoms with Crippen LogP contribution in [0, 0.1) is 11.3 Å². The van der Waals surface area contributed by atoms with E-state index in [1.807, 2.05) is 24.5 Å². The second kappa shape index (κ2) is 5.59. The largest absolute Gasteiger partial charge is 0.314 e. The van der Waals surface area contributed by atoms with Crippen LogP contribution < -0.4 is 5.32 Å². The van der Waals surface area contributed by atoms with E-state index >= 15 is 0 Å². The lowest BCUT2D eigenvalue weighted by molar-refractivity contribution is 0.155. The summed E-state index contributed by atoms with van der Waals surface area (Å²) in [4.78, 5) is 6.38. The Bertz CT molecular complexity index is 357. The second-order valence-corrected chi connectivity index (χ2v) is 4.05. The summed E-state index contributed by atoms with van der Waals surface area (Å²) in [5.74, 6) is 0. The molecule has 0 aromatic carbocycles. The molecule has 0 spiro atoms. The van der Waals surface area contributed by atoms with Crippen molar-refractivity contribution in [2.24, 2.45) is 0 Å². The fraction of sp³-hybridized carbons (Fsp3) is 0.500. The Hall–Kier alpha value is -1.44. The van der Waals surface area contributed by atoms with Gasteiger partial charge in [0, 0.05) is 44.6 Å². The van der Waals surface area contributed by atoms with Crippen LogP contribution in [0.4, 0.5) is 0 Å². The number of rotatable bonds is 3. The fourth-order valence-corrected chi connectivity index (χ4v) is 2.04. The van der Waals surface area contributed by atoms with Gasteiger partial charge in [-0.05, 0) is 17.7 Å². The van der Waals surface area contributed by atoms with E-state index in [4.69, 9.17) is 5.26 Å². The molecule has 0 aliphatic carbocycles. The van der Waals surface area contributed by atoms with Gasteiger partial charge in [0.05, 0.1) is 12.5 Å². The Labute approximate surface area is 95.9 Å². The van der Waals surface area contributed by atoms with E-state index in [9.17, 15) is 0 Å². The Morgan fingerprint density at radius 3 is 3.06 bits per heavy atom. The summed E-state index contributed by atoms with van der Waals surface area (Å²) in [6.45, 7) is 3.84. The normalized spacial score (nSPS) is 21.6. The molecule has 2 rings (SSSR count). The van der Waals surface area contributed by atoms with Gasteiger partial charge in [0.25, 0.3) is 0 Å². The van der Waals surface area contributed by atoms with E-state index < -0.39 is 0 Å². The maximum Gasteiger partial charge on any atom is 0.0638 e. The minimum atomic E-state index is 0.340. The monoisotopic (exact) mass is 216 g/mol. The standard InChI is InChI=1S/C12H16N4/c13-4-1-12-9-15-7-8-16(12)10-11-2-5-14-6-3-11/h2-3,5-6,12,15H,1,7-10H2. The van der Waals surface area contributed by atoms with E-state index in [0.717, 1.165) is 26.2 Å². The van der Waals surface area contributed by atoms with E-state index in [1.54, 1.807) is 0 Å². The van der Waals surface area contributed by atoms with Crippen molar-refractivity contribution in [3.05, 3.63) is 30.1 Å². The number of nitriles is 1. The number of aromatic nitrogens is 1. The van der Waals surface area contributed by atoms with Crippen molar-refractivity contribution in [1.29, 1.82) is 5.26 Å². The van der Waals surface area contributed by atoms with Crippen LogP contribution in [0.1, 0.15) is 12.0 Å². The van der Waals surface area contributed by atoms with Crippen molar-refractivity contribution in [3.63, 3.8) is 0 Å². The van der Waals surface area contributed by atoms with Crippen molar-refractivity contribution in [1.82, 2.24) is 15.2 Å². The van der Waals surface area contributed by atoms with Gasteiger partial charge in [-0.25, -0.2) is 0 Å². The fourth-order valence-electron chi connectivity index (χ4n) is 2.04. The molecule has 1 aliphatic heterocycles. The van der Waals surface area contributed by atoms with E-state index in [-0.39, 0.29) is 0 Å². The Morgan fingerprint density at radius 1 is 1.50 bits per heavy atom. The summed E-state index contributed by atoms with van der Waals surface area (Å²) in [6.07, 6.45) is 4.23. The molecule has 1 fully saturated rings. The molecule has 1 saturated heterocycles. The van der Waals surface area contributed by atoms with Gasteiger partial charge in [0.15, 0.2) is 0 Å². The molecule has 1 atom stereocenters. The molecule has 1 unspecified atom stereocenters. The molecule has 0 amide bonds. The molecular weight excluding hydrogens is 200 g/mol. The maximum atomic E-state index is 8.79. The summed E-state index contributed by atoms with van der Waals surface area (Å²) in [5.41, 5.74) is 1.26. The van der Waals surface area contributed by atoms with Crippen LogP contribution in [-0.2, 0) is 6.54 Å². The number of nitrogens with zero attached hydrogens (tertiary/aromatic N) is 3. The van der Waals surface area contributed by atoms with Gasteiger partial charge in [-0.3, -0.25) is 9.88 Å². The predicted molar refractivity (Wildman–Crippen MR) is 61.5 cm³/mol. The van der Waals surface area contributed by atoms with Gasteiger partial charge in [-0.2, -0.15) is 5.26 Å². The summed E-state index contributed by atoms with van der Waals surface area (Å²) >= 11 is 0. The second-order valence-electron chi connectivity index (χ2n) is 4.05. The van der Waals surface area contributed by atoms with Crippen LogP contribution in [0.5, 0.6) is 0 Å². The van der Waals surface area contributed by atoms with Crippen molar-refractivity contribution < 1.29 is 0 Å². The van der Waals surface area contributed by atoms with Crippen molar-refractivity contribution in [3.8, 4) is 6.07 Å². The SMILES string of the molecule is N#CCC1CNCCN1Cc1ccncc1. The Kier molecular flexibility index (Phi) is 3.86. The van der Waals surface area contributed by atoms with E-state index in [2.05, 4.69) is 21.3 Å². The molecule has 0 bridgehead atoms. The number of nitrogens with one attached hydrogen (secondary N) is 1. The molecule has 1 aromatic rings. The first kappa shape index (κ1) is 11.1. The summed E-state index contributed by atoms with van der Waals surface area (Å²) < 4.78 is 0. The highest BCUT2D eigenvalue weighted by Gasteiger charge is 2.21. The molecule has 16 heavy (non-hydrogen) atoms. The third kappa shape index (κ3) is 2.78. The molecule has 1 aromatic heterocycles. The van der Waals surface area contributed by atoms with Crippen LogP contribution >= 0.6 is 0 Å². The lowest BCUT2D eigenvalue weighted by Crippen LogP contribution is -2.50. The highest BCUT2D eigenvalue weighted by atomic mass is 15.2. The van der Waals surface area contributed by atoms with Crippen LogP contribution in [0.15, 0.2) is 24.5 Å². The lowest BCUT2D eigenvalue weighted by Gasteiger charge is -2.34.